The molecule has 0 heterocycles. The van der Waals surface area contributed by atoms with Gasteiger partial charge in [-0.3, -0.25) is 4.79 Å². The lowest BCUT2D eigenvalue weighted by Gasteiger charge is -2.05. The van der Waals surface area contributed by atoms with Crippen LogP contribution in [0.1, 0.15) is 15.9 Å². The van der Waals surface area contributed by atoms with Gasteiger partial charge >= 0.3 is 0 Å². The molecule has 5 heteroatoms. The highest BCUT2D eigenvalue weighted by Gasteiger charge is 2.06. The molecule has 0 atom stereocenters. The summed E-state index contributed by atoms with van der Waals surface area (Å²) >= 11 is 0. The fourth-order valence-corrected chi connectivity index (χ4v) is 1.56. The third kappa shape index (κ3) is 4.05. The van der Waals surface area contributed by atoms with E-state index in [4.69, 9.17) is 5.73 Å². The number of hydrogen-bond acceptors (Lipinski definition) is 2. The number of carbonyl (C=O) groups is 1. The van der Waals surface area contributed by atoms with Gasteiger partial charge in [-0.05, 0) is 35.9 Å². The number of halogens is 2. The quantitative estimate of drug-likeness (QED) is 0.908. The molecule has 0 bridgehead atoms. The highest BCUT2D eigenvalue weighted by Crippen LogP contribution is 2.11. The third-order valence-corrected chi connectivity index (χ3v) is 2.53. The van der Waals surface area contributed by atoms with E-state index in [-0.39, 0.29) is 24.1 Å². The van der Waals surface area contributed by atoms with Gasteiger partial charge in [0.15, 0.2) is 0 Å². The maximum Gasteiger partial charge on any atom is 0.255 e. The maximum atomic E-state index is 13.0. The Balaban J connectivity index is 0.00000180. The van der Waals surface area contributed by atoms with Crippen molar-refractivity contribution in [2.75, 3.05) is 5.32 Å². The van der Waals surface area contributed by atoms with Gasteiger partial charge in [0.25, 0.3) is 5.91 Å². The lowest BCUT2D eigenvalue weighted by molar-refractivity contribution is 0.102. The fourth-order valence-electron chi connectivity index (χ4n) is 1.56. The molecule has 0 aliphatic carbocycles. The third-order valence-electron chi connectivity index (χ3n) is 2.53. The predicted octanol–water partition coefficient (Wildman–Crippen LogP) is 2.96. The summed E-state index contributed by atoms with van der Waals surface area (Å²) in [5.74, 6) is -0.657. The normalized spacial score (nSPS) is 9.58. The molecule has 0 aliphatic heterocycles. The number of nitrogens with one attached hydrogen (secondary N) is 1. The smallest absolute Gasteiger partial charge is 0.255 e. The van der Waals surface area contributed by atoms with Crippen LogP contribution < -0.4 is 11.1 Å². The monoisotopic (exact) mass is 280 g/mol. The van der Waals surface area contributed by atoms with E-state index < -0.39 is 0 Å². The standard InChI is InChI=1S/C14H13FN2O.ClH/c15-12-2-1-3-13(8-12)17-14(18)11-6-4-10(9-16)5-7-11;/h1-8H,9,16H2,(H,17,18);1H. The van der Waals surface area contributed by atoms with E-state index in [1.54, 1.807) is 36.4 Å². The number of rotatable bonds is 3. The number of nitrogens with two attached hydrogens (primary N) is 1. The molecule has 0 fully saturated rings. The minimum atomic E-state index is -0.383. The van der Waals surface area contributed by atoms with Crippen LogP contribution in [0.25, 0.3) is 0 Å². The maximum absolute atomic E-state index is 13.0. The molecule has 0 aromatic heterocycles. The van der Waals surface area contributed by atoms with Crippen molar-refractivity contribution < 1.29 is 9.18 Å². The summed E-state index contributed by atoms with van der Waals surface area (Å²) in [7, 11) is 0. The lowest BCUT2D eigenvalue weighted by Crippen LogP contribution is -2.12. The molecule has 3 N–H and O–H groups in total. The Kier molecular flexibility index (Phi) is 5.48. The van der Waals surface area contributed by atoms with Crippen LogP contribution in [0.2, 0.25) is 0 Å². The van der Waals surface area contributed by atoms with Crippen LogP contribution in [-0.2, 0) is 6.54 Å². The SMILES string of the molecule is Cl.NCc1ccc(C(=O)Nc2cccc(F)c2)cc1. The Labute approximate surface area is 117 Å². The average molecular weight is 281 g/mol. The summed E-state index contributed by atoms with van der Waals surface area (Å²) < 4.78 is 13.0. The Hall–Kier alpha value is -1.91. The first kappa shape index (κ1) is 15.1. The minimum absolute atomic E-state index is 0. The Morgan fingerprint density at radius 3 is 2.42 bits per heavy atom. The molecule has 0 radical (unpaired) electrons. The first-order valence-corrected chi connectivity index (χ1v) is 5.55. The van der Waals surface area contributed by atoms with Gasteiger partial charge in [0, 0.05) is 17.8 Å². The minimum Gasteiger partial charge on any atom is -0.326 e. The topological polar surface area (TPSA) is 55.1 Å². The van der Waals surface area contributed by atoms with E-state index >= 15 is 0 Å². The molecule has 2 aromatic carbocycles. The van der Waals surface area contributed by atoms with E-state index in [1.807, 2.05) is 0 Å². The zero-order valence-corrected chi connectivity index (χ0v) is 10.9. The first-order chi connectivity index (χ1) is 8.69. The fraction of sp³-hybridized carbons (Fsp3) is 0.0714. The van der Waals surface area contributed by atoms with Gasteiger partial charge < -0.3 is 11.1 Å². The number of anilines is 1. The summed E-state index contributed by atoms with van der Waals surface area (Å²) in [4.78, 5) is 11.9. The predicted molar refractivity (Wildman–Crippen MR) is 75.9 cm³/mol. The van der Waals surface area contributed by atoms with Crippen LogP contribution in [0.3, 0.4) is 0 Å². The van der Waals surface area contributed by atoms with E-state index in [0.717, 1.165) is 5.56 Å². The van der Waals surface area contributed by atoms with Crippen LogP contribution in [-0.4, -0.2) is 5.91 Å². The number of carbonyl (C=O) groups excluding carboxylic acids is 1. The molecule has 0 unspecified atom stereocenters. The molecule has 2 aromatic rings. The van der Waals surface area contributed by atoms with Crippen molar-refractivity contribution in [1.82, 2.24) is 0 Å². The van der Waals surface area contributed by atoms with Gasteiger partial charge in [-0.1, -0.05) is 18.2 Å². The molecule has 0 saturated heterocycles. The second-order valence-electron chi connectivity index (χ2n) is 3.87. The van der Waals surface area contributed by atoms with Crippen molar-refractivity contribution in [3.05, 3.63) is 65.5 Å². The zero-order valence-electron chi connectivity index (χ0n) is 10.1. The summed E-state index contributed by atoms with van der Waals surface area (Å²) in [5.41, 5.74) is 7.37. The average Bonchev–Trinajstić information content (AvgIpc) is 2.39. The molecule has 100 valence electrons. The molecule has 19 heavy (non-hydrogen) atoms. The molecular formula is C14H14ClFN2O. The Morgan fingerprint density at radius 1 is 1.16 bits per heavy atom. The highest BCUT2D eigenvalue weighted by molar-refractivity contribution is 6.04. The van der Waals surface area contributed by atoms with Gasteiger partial charge in [-0.25, -0.2) is 4.39 Å². The van der Waals surface area contributed by atoms with Crippen LogP contribution in [0.4, 0.5) is 10.1 Å². The summed E-state index contributed by atoms with van der Waals surface area (Å²) in [6, 6.07) is 12.7. The number of hydrogen-bond donors (Lipinski definition) is 2. The van der Waals surface area contributed by atoms with Crippen LogP contribution in [0.5, 0.6) is 0 Å². The van der Waals surface area contributed by atoms with E-state index in [1.165, 1.54) is 12.1 Å². The highest BCUT2D eigenvalue weighted by atomic mass is 35.5. The van der Waals surface area contributed by atoms with Crippen molar-refractivity contribution in [2.24, 2.45) is 5.73 Å². The number of benzene rings is 2. The van der Waals surface area contributed by atoms with Crippen molar-refractivity contribution >= 4 is 24.0 Å². The van der Waals surface area contributed by atoms with Gasteiger partial charge in [-0.2, -0.15) is 0 Å². The Bertz CT molecular complexity index is 558. The molecule has 1 amide bonds. The van der Waals surface area contributed by atoms with Crippen molar-refractivity contribution in [3.8, 4) is 0 Å². The second-order valence-corrected chi connectivity index (χ2v) is 3.87. The van der Waals surface area contributed by atoms with Crippen molar-refractivity contribution in [2.45, 2.75) is 6.54 Å². The summed E-state index contributed by atoms with van der Waals surface area (Å²) in [5, 5.41) is 2.63. The van der Waals surface area contributed by atoms with Gasteiger partial charge in [0.1, 0.15) is 5.82 Å². The van der Waals surface area contributed by atoms with Gasteiger partial charge in [-0.15, -0.1) is 12.4 Å². The van der Waals surface area contributed by atoms with Crippen molar-refractivity contribution in [3.63, 3.8) is 0 Å². The van der Waals surface area contributed by atoms with Crippen LogP contribution in [0, 0.1) is 5.82 Å². The van der Waals surface area contributed by atoms with Gasteiger partial charge in [0.2, 0.25) is 0 Å². The first-order valence-electron chi connectivity index (χ1n) is 5.55. The van der Waals surface area contributed by atoms with E-state index in [0.29, 0.717) is 17.8 Å². The summed E-state index contributed by atoms with van der Waals surface area (Å²) in [6.07, 6.45) is 0. The molecular weight excluding hydrogens is 267 g/mol. The van der Waals surface area contributed by atoms with Gasteiger partial charge in [0.05, 0.1) is 0 Å². The summed E-state index contributed by atoms with van der Waals surface area (Å²) in [6.45, 7) is 0.436. The molecule has 3 nitrogen and oxygen atoms in total. The largest absolute Gasteiger partial charge is 0.326 e. The second kappa shape index (κ2) is 6.87. The molecule has 0 spiro atoms. The lowest BCUT2D eigenvalue weighted by atomic mass is 10.1. The van der Waals surface area contributed by atoms with E-state index in [9.17, 15) is 9.18 Å². The molecule has 2 rings (SSSR count). The number of amides is 1. The molecule has 0 saturated carbocycles. The van der Waals surface area contributed by atoms with E-state index in [2.05, 4.69) is 5.32 Å². The molecule has 0 aliphatic rings. The Morgan fingerprint density at radius 2 is 1.84 bits per heavy atom. The van der Waals surface area contributed by atoms with Crippen molar-refractivity contribution in [1.29, 1.82) is 0 Å². The zero-order chi connectivity index (χ0) is 13.0. The van der Waals surface area contributed by atoms with Crippen LogP contribution in [0.15, 0.2) is 48.5 Å². The van der Waals surface area contributed by atoms with Crippen LogP contribution >= 0.6 is 12.4 Å².